The Hall–Kier alpha value is -7.17. The molecular weight excluding hydrogens is 647 g/mol. The van der Waals surface area contributed by atoms with Gasteiger partial charge in [-0.15, -0.1) is 0 Å². The summed E-state index contributed by atoms with van der Waals surface area (Å²) in [6, 6.07) is 61.7. The van der Waals surface area contributed by atoms with E-state index in [0.29, 0.717) is 17.5 Å². The number of hydrogen-bond donors (Lipinski definition) is 0. The molecule has 11 rings (SSSR count). The molecule has 0 fully saturated rings. The summed E-state index contributed by atoms with van der Waals surface area (Å²) in [7, 11) is 0. The molecule has 53 heavy (non-hydrogen) atoms. The summed E-state index contributed by atoms with van der Waals surface area (Å²) in [5.74, 6) is 1.83. The highest BCUT2D eigenvalue weighted by atomic mass is 16.3. The van der Waals surface area contributed by atoms with Crippen LogP contribution >= 0.6 is 0 Å². The molecule has 0 saturated heterocycles. The highest BCUT2D eigenvalue weighted by Crippen LogP contribution is 2.39. The van der Waals surface area contributed by atoms with Crippen LogP contribution < -0.4 is 0 Å². The summed E-state index contributed by atoms with van der Waals surface area (Å²) in [4.78, 5) is 15.6. The Morgan fingerprint density at radius 1 is 0.302 bits per heavy atom. The average Bonchev–Trinajstić information content (AvgIpc) is 3.62. The Labute approximate surface area is 304 Å². The van der Waals surface area contributed by atoms with Gasteiger partial charge in [0.1, 0.15) is 11.2 Å². The second-order valence-corrected chi connectivity index (χ2v) is 13.6. The van der Waals surface area contributed by atoms with Crippen molar-refractivity contribution in [3.8, 4) is 45.3 Å². The van der Waals surface area contributed by atoms with Crippen molar-refractivity contribution in [2.45, 2.75) is 0 Å². The lowest BCUT2D eigenvalue weighted by molar-refractivity contribution is 0.669. The summed E-state index contributed by atoms with van der Waals surface area (Å²) in [6.45, 7) is 0. The summed E-state index contributed by atoms with van der Waals surface area (Å²) in [5.41, 5.74) is 6.57. The lowest BCUT2D eigenvalue weighted by Gasteiger charge is -2.14. The Balaban J connectivity index is 1.13. The lowest BCUT2D eigenvalue weighted by atomic mass is 9.93. The molecule has 2 heterocycles. The molecule has 0 aliphatic rings. The molecule has 0 N–H and O–H groups in total. The van der Waals surface area contributed by atoms with E-state index in [2.05, 4.69) is 146 Å². The van der Waals surface area contributed by atoms with Crippen LogP contribution in [-0.2, 0) is 0 Å². The zero-order chi connectivity index (χ0) is 34.9. The molecule has 2 aromatic heterocycles. The number of benzene rings is 9. The normalized spacial score (nSPS) is 11.8. The monoisotopic (exact) mass is 675 g/mol. The molecule has 0 atom stereocenters. The Bertz CT molecular complexity index is 3250. The Morgan fingerprint density at radius 3 is 1.75 bits per heavy atom. The number of para-hydroxylation sites is 1. The van der Waals surface area contributed by atoms with Gasteiger partial charge in [-0.05, 0) is 78.5 Å². The van der Waals surface area contributed by atoms with E-state index in [9.17, 15) is 0 Å². The van der Waals surface area contributed by atoms with Crippen molar-refractivity contribution >= 4 is 65.0 Å². The van der Waals surface area contributed by atoms with E-state index < -0.39 is 0 Å². The summed E-state index contributed by atoms with van der Waals surface area (Å²) < 4.78 is 6.28. The maximum Gasteiger partial charge on any atom is 0.164 e. The van der Waals surface area contributed by atoms with Gasteiger partial charge >= 0.3 is 0 Å². The van der Waals surface area contributed by atoms with Crippen LogP contribution in [0.5, 0.6) is 0 Å². The van der Waals surface area contributed by atoms with Crippen molar-refractivity contribution < 1.29 is 4.42 Å². The minimum absolute atomic E-state index is 0.599. The predicted molar refractivity (Wildman–Crippen MR) is 219 cm³/mol. The van der Waals surface area contributed by atoms with Crippen molar-refractivity contribution in [3.63, 3.8) is 0 Å². The first-order valence-electron chi connectivity index (χ1n) is 17.9. The molecule has 0 amide bonds. The van der Waals surface area contributed by atoms with E-state index in [1.165, 1.54) is 37.7 Å². The van der Waals surface area contributed by atoms with Gasteiger partial charge in [0.2, 0.25) is 0 Å². The van der Waals surface area contributed by atoms with E-state index in [1.807, 2.05) is 30.3 Å². The van der Waals surface area contributed by atoms with Crippen LogP contribution in [0.15, 0.2) is 180 Å². The van der Waals surface area contributed by atoms with Crippen molar-refractivity contribution in [2.24, 2.45) is 0 Å². The molecule has 0 unspecified atom stereocenters. The number of furan rings is 1. The third-order valence-corrected chi connectivity index (χ3v) is 10.5. The first-order valence-corrected chi connectivity index (χ1v) is 17.9. The second-order valence-electron chi connectivity index (χ2n) is 13.6. The SMILES string of the molecule is c1ccc(-c2nc(-c3ccc4ccccc4c3)nc(-c3cccc4oc5ccccc5c34)n2)c(-c2ccc3c(ccc4ccc5ccccc5c43)c2)c1. The van der Waals surface area contributed by atoms with Crippen molar-refractivity contribution in [1.29, 1.82) is 0 Å². The molecule has 11 aromatic rings. The van der Waals surface area contributed by atoms with E-state index in [4.69, 9.17) is 19.4 Å². The average molecular weight is 676 g/mol. The predicted octanol–water partition coefficient (Wildman–Crippen LogP) is 13.1. The second kappa shape index (κ2) is 11.7. The van der Waals surface area contributed by atoms with Crippen LogP contribution in [0.3, 0.4) is 0 Å². The third-order valence-electron chi connectivity index (χ3n) is 10.5. The minimum atomic E-state index is 0.599. The number of aromatic nitrogens is 3. The fourth-order valence-electron chi connectivity index (χ4n) is 7.97. The van der Waals surface area contributed by atoms with Gasteiger partial charge in [-0.3, -0.25) is 0 Å². The van der Waals surface area contributed by atoms with Crippen LogP contribution in [0.2, 0.25) is 0 Å². The van der Waals surface area contributed by atoms with E-state index in [0.717, 1.165) is 55.1 Å². The largest absolute Gasteiger partial charge is 0.456 e. The van der Waals surface area contributed by atoms with Gasteiger partial charge in [0.25, 0.3) is 0 Å². The zero-order valence-electron chi connectivity index (χ0n) is 28.5. The molecule has 0 radical (unpaired) electrons. The molecule has 0 saturated carbocycles. The fourth-order valence-corrected chi connectivity index (χ4v) is 7.97. The van der Waals surface area contributed by atoms with Crippen LogP contribution in [0.1, 0.15) is 0 Å². The molecule has 0 bridgehead atoms. The summed E-state index contributed by atoms with van der Waals surface area (Å²) >= 11 is 0. The number of fused-ring (bicyclic) bond motifs is 9. The summed E-state index contributed by atoms with van der Waals surface area (Å²) in [6.07, 6.45) is 0. The van der Waals surface area contributed by atoms with Crippen LogP contribution in [0.4, 0.5) is 0 Å². The van der Waals surface area contributed by atoms with Gasteiger partial charge in [-0.25, -0.2) is 15.0 Å². The van der Waals surface area contributed by atoms with E-state index in [-0.39, 0.29) is 0 Å². The smallest absolute Gasteiger partial charge is 0.164 e. The molecule has 246 valence electrons. The first-order chi connectivity index (χ1) is 26.2. The number of nitrogens with zero attached hydrogens (tertiary/aromatic N) is 3. The third kappa shape index (κ3) is 4.80. The molecule has 0 spiro atoms. The van der Waals surface area contributed by atoms with Gasteiger partial charge in [0.15, 0.2) is 17.5 Å². The molecule has 0 aliphatic carbocycles. The molecule has 9 aromatic carbocycles. The molecule has 4 nitrogen and oxygen atoms in total. The van der Waals surface area contributed by atoms with E-state index in [1.54, 1.807) is 0 Å². The van der Waals surface area contributed by atoms with Gasteiger partial charge in [0.05, 0.1) is 0 Å². The highest BCUT2D eigenvalue weighted by molar-refractivity contribution is 6.20. The Kier molecular flexibility index (Phi) is 6.52. The number of hydrogen-bond acceptors (Lipinski definition) is 4. The van der Waals surface area contributed by atoms with Crippen molar-refractivity contribution in [3.05, 3.63) is 176 Å². The van der Waals surface area contributed by atoms with Crippen LogP contribution in [0, 0.1) is 0 Å². The zero-order valence-corrected chi connectivity index (χ0v) is 28.5. The lowest BCUT2D eigenvalue weighted by Crippen LogP contribution is -2.01. The Morgan fingerprint density at radius 2 is 0.868 bits per heavy atom. The maximum absolute atomic E-state index is 6.28. The van der Waals surface area contributed by atoms with Gasteiger partial charge < -0.3 is 4.42 Å². The van der Waals surface area contributed by atoms with Gasteiger partial charge in [-0.2, -0.15) is 0 Å². The van der Waals surface area contributed by atoms with Crippen molar-refractivity contribution in [2.75, 3.05) is 0 Å². The molecular formula is C49H29N3O. The first kappa shape index (κ1) is 29.5. The summed E-state index contributed by atoms with van der Waals surface area (Å²) in [5, 5.41) is 11.8. The van der Waals surface area contributed by atoms with Gasteiger partial charge in [-0.1, -0.05) is 152 Å². The van der Waals surface area contributed by atoms with Crippen LogP contribution in [-0.4, -0.2) is 15.0 Å². The quantitative estimate of drug-likeness (QED) is 0.174. The van der Waals surface area contributed by atoms with Crippen LogP contribution in [0.25, 0.3) is 110 Å². The highest BCUT2D eigenvalue weighted by Gasteiger charge is 2.19. The number of rotatable bonds is 4. The molecule has 0 aliphatic heterocycles. The molecule has 4 heteroatoms. The van der Waals surface area contributed by atoms with E-state index >= 15 is 0 Å². The fraction of sp³-hybridized carbons (Fsp3) is 0. The van der Waals surface area contributed by atoms with Crippen molar-refractivity contribution in [1.82, 2.24) is 15.0 Å². The standard InChI is InChI=1S/C49H29N3O/c1-2-12-33-28-36(25-20-30(33)10-1)47-50-48(52-49(51-47)42-17-9-19-44-46(42)41-16-7-8-18-43(41)53-44)40-15-6-5-13-37(40)34-26-27-39-35(29-34)24-23-32-22-21-31-11-3-4-14-38(31)45(32)39/h1-29H. The minimum Gasteiger partial charge on any atom is -0.456 e. The topological polar surface area (TPSA) is 51.8 Å². The van der Waals surface area contributed by atoms with Gasteiger partial charge in [0, 0.05) is 27.5 Å². The maximum atomic E-state index is 6.28.